The number of nitrogens with zero attached hydrogens (tertiary/aromatic N) is 2. The van der Waals surface area contributed by atoms with Crippen molar-refractivity contribution in [1.82, 2.24) is 10.2 Å². The quantitative estimate of drug-likeness (QED) is 0.320. The van der Waals surface area contributed by atoms with Crippen molar-refractivity contribution in [2.24, 2.45) is 34.5 Å². The van der Waals surface area contributed by atoms with Crippen LogP contribution < -0.4 is 5.32 Å². The highest BCUT2D eigenvalue weighted by atomic mass is 16.6. The molecule has 3 saturated carbocycles. The van der Waals surface area contributed by atoms with Gasteiger partial charge in [0, 0.05) is 41.6 Å². The van der Waals surface area contributed by atoms with E-state index in [1.165, 1.54) is 23.1 Å². The Morgan fingerprint density at radius 2 is 1.74 bits per heavy atom. The highest BCUT2D eigenvalue weighted by molar-refractivity contribution is 6.05. The van der Waals surface area contributed by atoms with E-state index >= 15 is 0 Å². The SMILES string of the molecule is CC(C)(C)NC(=O)C1CCC2C3CC[C@H]4N(C(=O)c5cccc([N+](=O)[O-])c5)C(=O)CC[C@]4(C)C3CC[C@]12C. The molecule has 5 rings (SSSR count). The lowest BCUT2D eigenvalue weighted by Gasteiger charge is -2.61. The van der Waals surface area contributed by atoms with Gasteiger partial charge in [-0.1, -0.05) is 19.9 Å². The minimum atomic E-state index is -0.514. The summed E-state index contributed by atoms with van der Waals surface area (Å²) in [6.07, 6.45) is 6.70. The van der Waals surface area contributed by atoms with Crippen LogP contribution in [0, 0.1) is 44.6 Å². The lowest BCUT2D eigenvalue weighted by atomic mass is 9.46. The second-order valence-electron chi connectivity index (χ2n) is 13.8. The predicted octanol–water partition coefficient (Wildman–Crippen LogP) is 5.50. The number of nitro benzene ring substituents is 1. The van der Waals surface area contributed by atoms with Crippen molar-refractivity contribution in [2.45, 2.75) is 97.6 Å². The fraction of sp³-hybridized carbons (Fsp3) is 0.700. The molecule has 1 aromatic carbocycles. The Labute approximate surface area is 225 Å². The van der Waals surface area contributed by atoms with Crippen LogP contribution in [0.4, 0.5) is 5.69 Å². The number of hydrogen-bond donors (Lipinski definition) is 1. The van der Waals surface area contributed by atoms with Gasteiger partial charge in [-0.25, -0.2) is 0 Å². The summed E-state index contributed by atoms with van der Waals surface area (Å²) in [7, 11) is 0. The molecular formula is C30H41N3O5. The maximum atomic E-state index is 13.6. The van der Waals surface area contributed by atoms with Crippen molar-refractivity contribution in [1.29, 1.82) is 0 Å². The Kier molecular flexibility index (Phi) is 6.47. The van der Waals surface area contributed by atoms with E-state index in [0.717, 1.165) is 44.9 Å². The maximum absolute atomic E-state index is 13.6. The number of carbonyl (C=O) groups excluding carboxylic acids is 3. The third-order valence-corrected chi connectivity index (χ3v) is 10.6. The molecular weight excluding hydrogens is 482 g/mol. The van der Waals surface area contributed by atoms with E-state index in [1.807, 2.05) is 20.8 Å². The van der Waals surface area contributed by atoms with Crippen LogP contribution in [0.25, 0.3) is 0 Å². The van der Waals surface area contributed by atoms with Gasteiger partial charge in [-0.05, 0) is 100 Å². The van der Waals surface area contributed by atoms with Crippen molar-refractivity contribution < 1.29 is 19.3 Å². The van der Waals surface area contributed by atoms with Crippen molar-refractivity contribution in [3.63, 3.8) is 0 Å². The van der Waals surface area contributed by atoms with Gasteiger partial charge < -0.3 is 5.32 Å². The van der Waals surface area contributed by atoms with E-state index < -0.39 is 10.8 Å². The zero-order chi connectivity index (χ0) is 27.6. The summed E-state index contributed by atoms with van der Waals surface area (Å²) < 4.78 is 0. The van der Waals surface area contributed by atoms with Gasteiger partial charge in [0.15, 0.2) is 0 Å². The Balaban J connectivity index is 1.40. The second kappa shape index (κ2) is 9.16. The molecule has 0 radical (unpaired) electrons. The number of amides is 3. The average molecular weight is 524 g/mol. The molecule has 1 aliphatic heterocycles. The summed E-state index contributed by atoms with van der Waals surface area (Å²) in [5.41, 5.74) is -0.427. The standard InChI is InChI=1S/C30H41N3O5/c1-28(2,3)31-26(35)23-11-10-21-20-9-12-24-30(5,22(20)13-15-29(21,23)4)16-14-25(34)32(24)27(36)18-7-6-8-19(17-18)33(37)38/h6-8,17,20-24H,9-16H2,1-5H3,(H,31,35)/t20?,21?,22?,23?,24-,29+,30-/m1/s1. The van der Waals surface area contributed by atoms with Gasteiger partial charge in [-0.15, -0.1) is 0 Å². The summed E-state index contributed by atoms with van der Waals surface area (Å²) >= 11 is 0. The first-order chi connectivity index (χ1) is 17.8. The molecule has 1 aromatic rings. The molecule has 8 nitrogen and oxygen atoms in total. The fourth-order valence-corrected chi connectivity index (χ4v) is 8.92. The molecule has 3 amide bonds. The molecule has 0 spiro atoms. The van der Waals surface area contributed by atoms with E-state index in [1.54, 1.807) is 6.07 Å². The highest BCUT2D eigenvalue weighted by Crippen LogP contribution is 2.66. The monoisotopic (exact) mass is 523 g/mol. The van der Waals surface area contributed by atoms with Crippen LogP contribution in [0.5, 0.6) is 0 Å². The minimum Gasteiger partial charge on any atom is -0.351 e. The molecule has 4 fully saturated rings. The number of rotatable bonds is 3. The van der Waals surface area contributed by atoms with Crippen LogP contribution in [0.1, 0.15) is 96.3 Å². The Hall–Kier alpha value is -2.77. The van der Waals surface area contributed by atoms with Crippen LogP contribution >= 0.6 is 0 Å². The molecule has 1 saturated heterocycles. The van der Waals surface area contributed by atoms with Gasteiger partial charge in [0.25, 0.3) is 11.6 Å². The molecule has 4 unspecified atom stereocenters. The first-order valence-corrected chi connectivity index (χ1v) is 14.2. The van der Waals surface area contributed by atoms with Gasteiger partial charge in [-0.2, -0.15) is 0 Å². The van der Waals surface area contributed by atoms with E-state index in [-0.39, 0.29) is 51.4 Å². The molecule has 1 heterocycles. The number of imide groups is 1. The van der Waals surface area contributed by atoms with Crippen molar-refractivity contribution >= 4 is 23.4 Å². The van der Waals surface area contributed by atoms with Gasteiger partial charge in [0.2, 0.25) is 11.8 Å². The Bertz CT molecular complexity index is 1170. The highest BCUT2D eigenvalue weighted by Gasteiger charge is 2.63. The largest absolute Gasteiger partial charge is 0.351 e. The average Bonchev–Trinajstić information content (AvgIpc) is 3.20. The third kappa shape index (κ3) is 4.24. The first kappa shape index (κ1) is 26.8. The van der Waals surface area contributed by atoms with Crippen molar-refractivity contribution in [3.8, 4) is 0 Å². The lowest BCUT2D eigenvalue weighted by Crippen LogP contribution is -2.63. The van der Waals surface area contributed by atoms with Gasteiger partial charge in [-0.3, -0.25) is 29.4 Å². The molecule has 0 bridgehead atoms. The summed E-state index contributed by atoms with van der Waals surface area (Å²) in [6.45, 7) is 10.7. The number of non-ortho nitro benzene ring substituents is 1. The van der Waals surface area contributed by atoms with E-state index in [9.17, 15) is 24.5 Å². The number of likely N-dealkylation sites (tertiary alicyclic amines) is 1. The molecule has 38 heavy (non-hydrogen) atoms. The number of nitro groups is 1. The molecule has 7 atom stereocenters. The number of carbonyl (C=O) groups is 3. The topological polar surface area (TPSA) is 110 Å². The summed E-state index contributed by atoms with van der Waals surface area (Å²) in [5.74, 6) is 0.934. The Morgan fingerprint density at radius 1 is 1.03 bits per heavy atom. The second-order valence-corrected chi connectivity index (χ2v) is 13.8. The number of hydrogen-bond acceptors (Lipinski definition) is 5. The molecule has 8 heteroatoms. The molecule has 0 aromatic heterocycles. The fourth-order valence-electron chi connectivity index (χ4n) is 8.92. The summed E-state index contributed by atoms with van der Waals surface area (Å²) in [6, 6.07) is 5.50. The van der Waals surface area contributed by atoms with Crippen LogP contribution in [0.2, 0.25) is 0 Å². The molecule has 3 aliphatic carbocycles. The summed E-state index contributed by atoms with van der Waals surface area (Å²) in [4.78, 5) is 52.3. The van der Waals surface area contributed by atoms with Crippen LogP contribution in [0.15, 0.2) is 24.3 Å². The Morgan fingerprint density at radius 3 is 2.42 bits per heavy atom. The third-order valence-electron chi connectivity index (χ3n) is 10.6. The molecule has 4 aliphatic rings. The minimum absolute atomic E-state index is 0.0251. The van der Waals surface area contributed by atoms with Gasteiger partial charge in [0.05, 0.1) is 4.92 Å². The molecule has 206 valence electrons. The van der Waals surface area contributed by atoms with E-state index in [4.69, 9.17) is 0 Å². The zero-order valence-corrected chi connectivity index (χ0v) is 23.3. The predicted molar refractivity (Wildman–Crippen MR) is 143 cm³/mol. The lowest BCUT2D eigenvalue weighted by molar-refractivity contribution is -0.384. The zero-order valence-electron chi connectivity index (χ0n) is 23.3. The van der Waals surface area contributed by atoms with Crippen LogP contribution in [0.3, 0.4) is 0 Å². The van der Waals surface area contributed by atoms with Crippen molar-refractivity contribution in [2.75, 3.05) is 0 Å². The molecule has 1 N–H and O–H groups in total. The van der Waals surface area contributed by atoms with E-state index in [0.29, 0.717) is 24.2 Å². The summed E-state index contributed by atoms with van der Waals surface area (Å²) in [5, 5.41) is 14.5. The number of fused-ring (bicyclic) bond motifs is 5. The van der Waals surface area contributed by atoms with E-state index in [2.05, 4.69) is 19.2 Å². The van der Waals surface area contributed by atoms with Crippen molar-refractivity contribution in [3.05, 3.63) is 39.9 Å². The van der Waals surface area contributed by atoms with Gasteiger partial charge in [0.1, 0.15) is 0 Å². The van der Waals surface area contributed by atoms with Crippen LogP contribution in [-0.4, -0.2) is 39.1 Å². The first-order valence-electron chi connectivity index (χ1n) is 14.2. The number of piperidine rings is 1. The smallest absolute Gasteiger partial charge is 0.270 e. The number of benzene rings is 1. The normalized spacial score (nSPS) is 36.6. The van der Waals surface area contributed by atoms with Gasteiger partial charge >= 0.3 is 0 Å². The van der Waals surface area contributed by atoms with Crippen LogP contribution in [-0.2, 0) is 9.59 Å². The number of nitrogens with one attached hydrogen (secondary N) is 1. The maximum Gasteiger partial charge on any atom is 0.270 e.